The molecule has 1 atom stereocenters. The van der Waals surface area contributed by atoms with Crippen molar-refractivity contribution < 1.29 is 23.8 Å². The molecule has 0 aromatic heterocycles. The van der Waals surface area contributed by atoms with Crippen molar-refractivity contribution in [2.45, 2.75) is 5.79 Å². The zero-order valence-electron chi connectivity index (χ0n) is 16.7. The second kappa shape index (κ2) is 9.15. The van der Waals surface area contributed by atoms with E-state index in [1.807, 2.05) is 60.7 Å². The van der Waals surface area contributed by atoms with Crippen LogP contribution in [0.1, 0.15) is 0 Å². The summed E-state index contributed by atoms with van der Waals surface area (Å²) < 4.78 is 17.4. The minimum Gasteiger partial charge on any atom is -0.484 e. The number of ether oxygens (including phenoxy) is 3. The lowest BCUT2D eigenvalue weighted by Gasteiger charge is -2.47. The third-order valence-electron chi connectivity index (χ3n) is 5.09. The molecule has 30 heavy (non-hydrogen) atoms. The number of hydrogen-bond acceptors (Lipinski definition) is 5. The van der Waals surface area contributed by atoms with Crippen LogP contribution < -0.4 is 10.1 Å². The topological polar surface area (TPSA) is 80.3 Å². The van der Waals surface area contributed by atoms with Crippen LogP contribution >= 0.6 is 0 Å². The van der Waals surface area contributed by atoms with Crippen LogP contribution in [0.5, 0.6) is 5.75 Å². The first kappa shape index (κ1) is 20.2. The maximum atomic E-state index is 12.7. The third kappa shape index (κ3) is 4.90. The highest BCUT2D eigenvalue weighted by Crippen LogP contribution is 2.25. The van der Waals surface area contributed by atoms with Crippen molar-refractivity contribution in [2.75, 3.05) is 51.3 Å². The number of morpholine rings is 2. The first-order valence-corrected chi connectivity index (χ1v) is 9.98. The van der Waals surface area contributed by atoms with E-state index in [9.17, 15) is 9.59 Å². The maximum absolute atomic E-state index is 12.7. The van der Waals surface area contributed by atoms with E-state index >= 15 is 0 Å². The highest BCUT2D eigenvalue weighted by molar-refractivity contribution is 5.89. The largest absolute Gasteiger partial charge is 0.484 e. The van der Waals surface area contributed by atoms with Crippen LogP contribution in [0.4, 0.5) is 10.5 Å². The van der Waals surface area contributed by atoms with Gasteiger partial charge in [-0.3, -0.25) is 4.79 Å². The Kier molecular flexibility index (Phi) is 6.15. The van der Waals surface area contributed by atoms with Gasteiger partial charge in [-0.1, -0.05) is 36.4 Å². The number of rotatable bonds is 4. The Morgan fingerprint density at radius 1 is 0.900 bits per heavy atom. The molecule has 8 heteroatoms. The molecule has 1 unspecified atom stereocenters. The monoisotopic (exact) mass is 411 g/mol. The van der Waals surface area contributed by atoms with Gasteiger partial charge in [-0.25, -0.2) is 4.79 Å². The van der Waals surface area contributed by atoms with Gasteiger partial charge >= 0.3 is 6.03 Å². The zero-order chi connectivity index (χ0) is 20.8. The fourth-order valence-corrected chi connectivity index (χ4v) is 3.56. The lowest BCUT2D eigenvalue weighted by molar-refractivity contribution is -0.284. The first-order valence-electron chi connectivity index (χ1n) is 9.98. The highest BCUT2D eigenvalue weighted by Gasteiger charge is 2.44. The number of amides is 3. The molecular formula is C22H25N3O5. The van der Waals surface area contributed by atoms with Crippen LogP contribution in [0.3, 0.4) is 0 Å². The van der Waals surface area contributed by atoms with E-state index < -0.39 is 5.79 Å². The molecule has 8 nitrogen and oxygen atoms in total. The van der Waals surface area contributed by atoms with Gasteiger partial charge in [0.25, 0.3) is 5.91 Å². The molecule has 2 aliphatic rings. The van der Waals surface area contributed by atoms with E-state index in [4.69, 9.17) is 14.2 Å². The molecule has 158 valence electrons. The molecular weight excluding hydrogens is 386 g/mol. The number of benzene rings is 2. The Morgan fingerprint density at radius 2 is 1.50 bits per heavy atom. The molecule has 3 amide bonds. The van der Waals surface area contributed by atoms with Gasteiger partial charge in [0.05, 0.1) is 26.3 Å². The summed E-state index contributed by atoms with van der Waals surface area (Å²) in [6, 6.07) is 18.3. The molecule has 1 N–H and O–H groups in total. The Hall–Kier alpha value is -3.10. The van der Waals surface area contributed by atoms with Crippen molar-refractivity contribution in [3.05, 3.63) is 60.7 Å². The molecule has 2 aliphatic heterocycles. The van der Waals surface area contributed by atoms with Crippen molar-refractivity contribution in [2.24, 2.45) is 0 Å². The number of para-hydroxylation sites is 2. The van der Waals surface area contributed by atoms with Crippen LogP contribution in [0.2, 0.25) is 0 Å². The Bertz CT molecular complexity index is 860. The molecule has 1 spiro atoms. The summed E-state index contributed by atoms with van der Waals surface area (Å²) in [5, 5.41) is 2.88. The van der Waals surface area contributed by atoms with Gasteiger partial charge in [0.15, 0.2) is 6.61 Å². The molecule has 2 aromatic rings. The molecule has 0 saturated carbocycles. The maximum Gasteiger partial charge on any atom is 0.322 e. The Labute approximate surface area is 175 Å². The van der Waals surface area contributed by atoms with Gasteiger partial charge in [-0.15, -0.1) is 0 Å². The third-order valence-corrected chi connectivity index (χ3v) is 5.09. The van der Waals surface area contributed by atoms with Crippen LogP contribution in [0.15, 0.2) is 60.7 Å². The summed E-state index contributed by atoms with van der Waals surface area (Å²) in [7, 11) is 0. The van der Waals surface area contributed by atoms with Gasteiger partial charge in [0, 0.05) is 18.8 Å². The number of nitrogens with one attached hydrogen (secondary N) is 1. The molecule has 2 fully saturated rings. The average molecular weight is 411 g/mol. The van der Waals surface area contributed by atoms with E-state index in [2.05, 4.69) is 5.32 Å². The number of anilines is 1. The predicted octanol–water partition coefficient (Wildman–Crippen LogP) is 2.18. The number of hydrogen-bond donors (Lipinski definition) is 1. The standard InChI is InChI=1S/C22H25N3O5/c26-20(15-28-19-9-5-2-6-10-19)24-11-13-29-22(16-24)17-25(12-14-30-22)21(27)23-18-7-3-1-4-8-18/h1-10H,11-17H2,(H,23,27). The second-order valence-electron chi connectivity index (χ2n) is 7.24. The minimum atomic E-state index is -1.02. The van der Waals surface area contributed by atoms with E-state index in [0.29, 0.717) is 32.1 Å². The van der Waals surface area contributed by atoms with Crippen molar-refractivity contribution in [3.8, 4) is 5.75 Å². The van der Waals surface area contributed by atoms with Crippen molar-refractivity contribution in [1.29, 1.82) is 0 Å². The van der Waals surface area contributed by atoms with Gasteiger partial charge < -0.3 is 29.3 Å². The smallest absolute Gasteiger partial charge is 0.322 e. The summed E-state index contributed by atoms with van der Waals surface area (Å²) in [6.07, 6.45) is 0. The number of carbonyl (C=O) groups excluding carboxylic acids is 2. The quantitative estimate of drug-likeness (QED) is 0.834. The van der Waals surface area contributed by atoms with E-state index in [0.717, 1.165) is 5.69 Å². The summed E-state index contributed by atoms with van der Waals surface area (Å²) in [6.45, 7) is 2.02. The summed E-state index contributed by atoms with van der Waals surface area (Å²) in [4.78, 5) is 28.7. The fraction of sp³-hybridized carbons (Fsp3) is 0.364. The summed E-state index contributed by atoms with van der Waals surface area (Å²) in [5.41, 5.74) is 0.725. The van der Waals surface area contributed by atoms with Crippen molar-refractivity contribution in [3.63, 3.8) is 0 Å². The predicted molar refractivity (Wildman–Crippen MR) is 110 cm³/mol. The molecule has 4 rings (SSSR count). The molecule has 0 radical (unpaired) electrons. The highest BCUT2D eigenvalue weighted by atomic mass is 16.7. The van der Waals surface area contributed by atoms with Gasteiger partial charge in [0.1, 0.15) is 5.75 Å². The second-order valence-corrected chi connectivity index (χ2v) is 7.24. The molecule has 2 aromatic carbocycles. The Balaban J connectivity index is 1.35. The van der Waals surface area contributed by atoms with Crippen molar-refractivity contribution in [1.82, 2.24) is 9.80 Å². The number of carbonyl (C=O) groups is 2. The summed E-state index contributed by atoms with van der Waals surface area (Å²) >= 11 is 0. The van der Waals surface area contributed by atoms with Crippen molar-refractivity contribution >= 4 is 17.6 Å². The average Bonchev–Trinajstić information content (AvgIpc) is 2.79. The molecule has 0 bridgehead atoms. The van der Waals surface area contributed by atoms with Crippen LogP contribution in [-0.4, -0.2) is 73.5 Å². The van der Waals surface area contributed by atoms with E-state index in [-0.39, 0.29) is 31.6 Å². The van der Waals surface area contributed by atoms with Gasteiger partial charge in [-0.2, -0.15) is 0 Å². The minimum absolute atomic E-state index is 0.0572. The lowest BCUT2D eigenvalue weighted by atomic mass is 10.1. The number of nitrogens with zero attached hydrogens (tertiary/aromatic N) is 2. The normalized spacial score (nSPS) is 21.3. The first-order chi connectivity index (χ1) is 14.6. The SMILES string of the molecule is O=C(COc1ccccc1)N1CCOC2(C1)CN(C(=O)Nc1ccccc1)CCO2. The van der Waals surface area contributed by atoms with Gasteiger partial charge in [-0.05, 0) is 24.3 Å². The molecule has 2 saturated heterocycles. The van der Waals surface area contributed by atoms with E-state index in [1.165, 1.54) is 0 Å². The molecule has 2 heterocycles. The van der Waals surface area contributed by atoms with Crippen LogP contribution in [0.25, 0.3) is 0 Å². The lowest BCUT2D eigenvalue weighted by Crippen LogP contribution is -2.64. The number of urea groups is 1. The van der Waals surface area contributed by atoms with Gasteiger partial charge in [0.2, 0.25) is 5.79 Å². The van der Waals surface area contributed by atoms with E-state index in [1.54, 1.807) is 9.80 Å². The van der Waals surface area contributed by atoms with Crippen LogP contribution in [-0.2, 0) is 14.3 Å². The molecule has 0 aliphatic carbocycles. The fourth-order valence-electron chi connectivity index (χ4n) is 3.56. The summed E-state index contributed by atoms with van der Waals surface area (Å²) in [5.74, 6) is -0.519. The Morgan fingerprint density at radius 3 is 2.20 bits per heavy atom. The zero-order valence-corrected chi connectivity index (χ0v) is 16.7. The van der Waals surface area contributed by atoms with Crippen LogP contribution in [0, 0.1) is 0 Å².